The number of amides is 1. The molecular formula is C13H15NO3. The van der Waals surface area contributed by atoms with Gasteiger partial charge in [0.15, 0.2) is 5.78 Å². The topological polar surface area (TPSA) is 46.6 Å². The Kier molecular flexibility index (Phi) is 3.42. The second-order valence-corrected chi connectivity index (χ2v) is 4.25. The molecule has 0 aliphatic carbocycles. The van der Waals surface area contributed by atoms with E-state index in [0.717, 1.165) is 5.56 Å². The summed E-state index contributed by atoms with van der Waals surface area (Å²) in [5.41, 5.74) is 2.12. The van der Waals surface area contributed by atoms with E-state index in [0.29, 0.717) is 13.0 Å². The minimum Gasteiger partial charge on any atom is -0.445 e. The molecule has 1 fully saturated rings. The van der Waals surface area contributed by atoms with E-state index in [1.165, 1.54) is 10.5 Å². The number of likely N-dealkylation sites (tertiary alicyclic amines) is 1. The molecule has 0 N–H and O–H groups in total. The number of ketones is 1. The fourth-order valence-electron chi connectivity index (χ4n) is 1.71. The number of Topliss-reactive ketones (excluding diaryl/α,β-unsaturated/α-hetero) is 1. The molecule has 4 nitrogen and oxygen atoms in total. The van der Waals surface area contributed by atoms with Crippen molar-refractivity contribution in [1.82, 2.24) is 4.90 Å². The predicted molar refractivity (Wildman–Crippen MR) is 62.6 cm³/mol. The molecular weight excluding hydrogens is 218 g/mol. The van der Waals surface area contributed by atoms with Crippen LogP contribution in [0.15, 0.2) is 24.3 Å². The van der Waals surface area contributed by atoms with E-state index in [4.69, 9.17) is 4.74 Å². The fraction of sp³-hybridized carbons (Fsp3) is 0.385. The molecule has 90 valence electrons. The molecule has 0 aromatic heterocycles. The van der Waals surface area contributed by atoms with Gasteiger partial charge < -0.3 is 9.64 Å². The SMILES string of the molecule is Cc1ccc(COC(=O)N2CCC(=O)C2)cc1. The molecule has 0 saturated carbocycles. The lowest BCUT2D eigenvalue weighted by molar-refractivity contribution is -0.116. The van der Waals surface area contributed by atoms with Gasteiger partial charge in [0.1, 0.15) is 6.61 Å². The second kappa shape index (κ2) is 4.99. The average Bonchev–Trinajstić information content (AvgIpc) is 2.75. The zero-order chi connectivity index (χ0) is 12.3. The van der Waals surface area contributed by atoms with Gasteiger partial charge in [-0.25, -0.2) is 4.79 Å². The van der Waals surface area contributed by atoms with Crippen molar-refractivity contribution in [3.8, 4) is 0 Å². The summed E-state index contributed by atoms with van der Waals surface area (Å²) in [5, 5.41) is 0. The van der Waals surface area contributed by atoms with Crippen LogP contribution in [0.25, 0.3) is 0 Å². The van der Waals surface area contributed by atoms with Gasteiger partial charge in [0, 0.05) is 13.0 Å². The van der Waals surface area contributed by atoms with Gasteiger partial charge in [-0.15, -0.1) is 0 Å². The van der Waals surface area contributed by atoms with Crippen LogP contribution < -0.4 is 0 Å². The Hall–Kier alpha value is -1.84. The summed E-state index contributed by atoms with van der Waals surface area (Å²) in [6, 6.07) is 7.81. The van der Waals surface area contributed by atoms with Crippen LogP contribution in [-0.4, -0.2) is 29.9 Å². The Morgan fingerprint density at radius 1 is 1.35 bits per heavy atom. The van der Waals surface area contributed by atoms with E-state index < -0.39 is 6.09 Å². The maximum Gasteiger partial charge on any atom is 0.410 e. The number of benzene rings is 1. The molecule has 1 heterocycles. The van der Waals surface area contributed by atoms with Gasteiger partial charge in [0.05, 0.1) is 6.54 Å². The Balaban J connectivity index is 1.84. The predicted octanol–water partition coefficient (Wildman–Crippen LogP) is 1.91. The van der Waals surface area contributed by atoms with E-state index in [1.807, 2.05) is 31.2 Å². The first-order valence-corrected chi connectivity index (χ1v) is 5.64. The molecule has 4 heteroatoms. The van der Waals surface area contributed by atoms with Crippen LogP contribution in [0.1, 0.15) is 17.5 Å². The van der Waals surface area contributed by atoms with Crippen LogP contribution in [-0.2, 0) is 16.1 Å². The van der Waals surface area contributed by atoms with Crippen molar-refractivity contribution in [3.63, 3.8) is 0 Å². The highest BCUT2D eigenvalue weighted by Gasteiger charge is 2.24. The Morgan fingerprint density at radius 3 is 2.65 bits per heavy atom. The van der Waals surface area contributed by atoms with Crippen LogP contribution in [0.4, 0.5) is 4.79 Å². The number of ether oxygens (including phenoxy) is 1. The lowest BCUT2D eigenvalue weighted by atomic mass is 10.2. The molecule has 0 radical (unpaired) electrons. The summed E-state index contributed by atoms with van der Waals surface area (Å²) in [6.07, 6.45) is 0.0380. The number of carbonyl (C=O) groups excluding carboxylic acids is 2. The number of aryl methyl sites for hydroxylation is 1. The Labute approximate surface area is 100 Å². The molecule has 0 unspecified atom stereocenters. The lowest BCUT2D eigenvalue weighted by Crippen LogP contribution is -2.29. The third-order valence-corrected chi connectivity index (χ3v) is 2.77. The second-order valence-electron chi connectivity index (χ2n) is 4.25. The third-order valence-electron chi connectivity index (χ3n) is 2.77. The largest absolute Gasteiger partial charge is 0.445 e. The van der Waals surface area contributed by atoms with Gasteiger partial charge in [-0.1, -0.05) is 29.8 Å². The van der Waals surface area contributed by atoms with Crippen LogP contribution in [0.5, 0.6) is 0 Å². The van der Waals surface area contributed by atoms with Gasteiger partial charge in [-0.05, 0) is 12.5 Å². The Bertz CT molecular complexity index is 425. The molecule has 0 atom stereocenters. The zero-order valence-corrected chi connectivity index (χ0v) is 9.81. The van der Waals surface area contributed by atoms with Gasteiger partial charge in [0.2, 0.25) is 0 Å². The van der Waals surface area contributed by atoms with Crippen LogP contribution in [0.2, 0.25) is 0 Å². The normalized spacial score (nSPS) is 15.1. The van der Waals surface area contributed by atoms with Crippen molar-refractivity contribution in [2.24, 2.45) is 0 Å². The Morgan fingerprint density at radius 2 is 2.06 bits per heavy atom. The number of hydrogen-bond acceptors (Lipinski definition) is 3. The van der Waals surface area contributed by atoms with Crippen molar-refractivity contribution in [3.05, 3.63) is 35.4 Å². The molecule has 1 amide bonds. The van der Waals surface area contributed by atoms with Crippen molar-refractivity contribution < 1.29 is 14.3 Å². The fourth-order valence-corrected chi connectivity index (χ4v) is 1.71. The highest BCUT2D eigenvalue weighted by molar-refractivity contribution is 5.87. The van der Waals surface area contributed by atoms with Crippen LogP contribution >= 0.6 is 0 Å². The number of carbonyl (C=O) groups is 2. The first-order chi connectivity index (χ1) is 8.15. The highest BCUT2D eigenvalue weighted by atomic mass is 16.6. The maximum atomic E-state index is 11.6. The average molecular weight is 233 g/mol. The van der Waals surface area contributed by atoms with Crippen molar-refractivity contribution in [2.45, 2.75) is 20.0 Å². The summed E-state index contributed by atoms with van der Waals surface area (Å²) in [4.78, 5) is 24.0. The van der Waals surface area contributed by atoms with Crippen molar-refractivity contribution in [1.29, 1.82) is 0 Å². The monoisotopic (exact) mass is 233 g/mol. The molecule has 1 aromatic carbocycles. The minimum atomic E-state index is -0.406. The summed E-state index contributed by atoms with van der Waals surface area (Å²) in [7, 11) is 0. The first kappa shape index (κ1) is 11.6. The molecule has 1 saturated heterocycles. The smallest absolute Gasteiger partial charge is 0.410 e. The van der Waals surface area contributed by atoms with Crippen molar-refractivity contribution in [2.75, 3.05) is 13.1 Å². The van der Waals surface area contributed by atoms with E-state index in [9.17, 15) is 9.59 Å². The number of hydrogen-bond donors (Lipinski definition) is 0. The van der Waals surface area contributed by atoms with Crippen LogP contribution in [0.3, 0.4) is 0 Å². The number of nitrogens with zero attached hydrogens (tertiary/aromatic N) is 1. The quantitative estimate of drug-likeness (QED) is 0.783. The third kappa shape index (κ3) is 3.06. The van der Waals surface area contributed by atoms with Crippen LogP contribution in [0, 0.1) is 6.92 Å². The summed E-state index contributed by atoms with van der Waals surface area (Å²) >= 11 is 0. The van der Waals surface area contributed by atoms with Gasteiger partial charge in [0.25, 0.3) is 0 Å². The molecule has 0 spiro atoms. The highest BCUT2D eigenvalue weighted by Crippen LogP contribution is 2.09. The molecule has 1 aliphatic heterocycles. The summed E-state index contributed by atoms with van der Waals surface area (Å²) < 4.78 is 5.13. The summed E-state index contributed by atoms with van der Waals surface area (Å²) in [5.74, 6) is 0.0947. The lowest BCUT2D eigenvalue weighted by Gasteiger charge is -2.14. The molecule has 17 heavy (non-hydrogen) atoms. The van der Waals surface area contributed by atoms with Crippen molar-refractivity contribution >= 4 is 11.9 Å². The van der Waals surface area contributed by atoms with E-state index in [1.54, 1.807) is 0 Å². The van der Waals surface area contributed by atoms with E-state index in [-0.39, 0.29) is 18.9 Å². The molecule has 1 aliphatic rings. The van der Waals surface area contributed by atoms with Gasteiger partial charge in [-0.2, -0.15) is 0 Å². The molecule has 2 rings (SSSR count). The molecule has 0 bridgehead atoms. The minimum absolute atomic E-state index is 0.0947. The van der Waals surface area contributed by atoms with Gasteiger partial charge >= 0.3 is 6.09 Å². The maximum absolute atomic E-state index is 11.6. The zero-order valence-electron chi connectivity index (χ0n) is 9.81. The summed E-state index contributed by atoms with van der Waals surface area (Å²) in [6.45, 7) is 2.92. The molecule has 1 aromatic rings. The number of rotatable bonds is 2. The van der Waals surface area contributed by atoms with Gasteiger partial charge in [-0.3, -0.25) is 4.79 Å². The first-order valence-electron chi connectivity index (χ1n) is 5.64. The van der Waals surface area contributed by atoms with E-state index in [2.05, 4.69) is 0 Å². The standard InChI is InChI=1S/C13H15NO3/c1-10-2-4-11(5-3-10)9-17-13(16)14-7-6-12(15)8-14/h2-5H,6-9H2,1H3. The van der Waals surface area contributed by atoms with E-state index >= 15 is 0 Å².